The van der Waals surface area contributed by atoms with Crippen molar-refractivity contribution in [1.82, 2.24) is 0 Å². The molecule has 1 saturated carbocycles. The Bertz CT molecular complexity index is 905. The van der Waals surface area contributed by atoms with Crippen molar-refractivity contribution >= 4 is 23.9 Å². The van der Waals surface area contributed by atoms with E-state index in [0.29, 0.717) is 18.8 Å². The van der Waals surface area contributed by atoms with Crippen LogP contribution in [0.5, 0.6) is 0 Å². The zero-order valence-electron chi connectivity index (χ0n) is 34.7. The van der Waals surface area contributed by atoms with Gasteiger partial charge < -0.3 is 0 Å². The van der Waals surface area contributed by atoms with Gasteiger partial charge in [-0.2, -0.15) is 0 Å². The topological polar surface area (TPSA) is 105 Å². The Hall–Kier alpha value is -2.12. The van der Waals surface area contributed by atoms with Crippen LogP contribution in [-0.4, -0.2) is 23.9 Å². The maximum atomic E-state index is 13.2. The number of carbonyl (C=O) groups is 4. The SMILES string of the molecule is CCCCCCCCCCCC(=O)OOC(=O)CCCCCCCC1CCC(CCCCCC)CC1C(=O)OOC(=O)CCCCCCCCCCC. The van der Waals surface area contributed by atoms with Crippen molar-refractivity contribution in [1.29, 1.82) is 0 Å². The molecular weight excluding hydrogens is 668 g/mol. The molecule has 0 aromatic heterocycles. The molecular formula is C45H82O8. The second-order valence-corrected chi connectivity index (χ2v) is 16.1. The van der Waals surface area contributed by atoms with E-state index < -0.39 is 17.9 Å². The zero-order valence-corrected chi connectivity index (χ0v) is 34.7. The lowest BCUT2D eigenvalue weighted by atomic mass is 9.71. The predicted molar refractivity (Wildman–Crippen MR) is 213 cm³/mol. The van der Waals surface area contributed by atoms with Gasteiger partial charge >= 0.3 is 23.9 Å². The van der Waals surface area contributed by atoms with Crippen molar-refractivity contribution in [2.45, 2.75) is 245 Å². The average Bonchev–Trinajstić information content (AvgIpc) is 3.16. The first-order valence-corrected chi connectivity index (χ1v) is 22.7. The van der Waals surface area contributed by atoms with Gasteiger partial charge in [0.15, 0.2) is 0 Å². The third-order valence-electron chi connectivity index (χ3n) is 11.2. The van der Waals surface area contributed by atoms with Crippen molar-refractivity contribution in [2.24, 2.45) is 17.8 Å². The van der Waals surface area contributed by atoms with Gasteiger partial charge in [-0.1, -0.05) is 188 Å². The van der Waals surface area contributed by atoms with Gasteiger partial charge in [-0.05, 0) is 50.4 Å². The number of carbonyl (C=O) groups excluding carboxylic acids is 4. The Labute approximate surface area is 325 Å². The highest BCUT2D eigenvalue weighted by Gasteiger charge is 2.37. The van der Waals surface area contributed by atoms with Crippen molar-refractivity contribution in [3.8, 4) is 0 Å². The van der Waals surface area contributed by atoms with Gasteiger partial charge in [0.1, 0.15) is 0 Å². The molecule has 0 heterocycles. The van der Waals surface area contributed by atoms with E-state index in [2.05, 4.69) is 20.8 Å². The molecule has 8 nitrogen and oxygen atoms in total. The van der Waals surface area contributed by atoms with E-state index in [1.54, 1.807) is 0 Å². The van der Waals surface area contributed by atoms with Crippen LogP contribution in [-0.2, 0) is 38.7 Å². The first-order valence-electron chi connectivity index (χ1n) is 22.7. The average molecular weight is 751 g/mol. The molecule has 0 radical (unpaired) electrons. The summed E-state index contributed by atoms with van der Waals surface area (Å²) in [6, 6.07) is 0. The van der Waals surface area contributed by atoms with Gasteiger partial charge in [-0.15, -0.1) is 0 Å². The summed E-state index contributed by atoms with van der Waals surface area (Å²) in [6.07, 6.45) is 36.5. The molecule has 0 spiro atoms. The summed E-state index contributed by atoms with van der Waals surface area (Å²) in [5.74, 6) is -1.24. The largest absolute Gasteiger partial charge is 0.358 e. The van der Waals surface area contributed by atoms with Crippen LogP contribution in [0.25, 0.3) is 0 Å². The minimum Gasteiger partial charge on any atom is -0.247 e. The molecule has 310 valence electrons. The monoisotopic (exact) mass is 751 g/mol. The molecule has 0 N–H and O–H groups in total. The molecule has 8 heteroatoms. The summed E-state index contributed by atoms with van der Waals surface area (Å²) in [4.78, 5) is 69.2. The molecule has 0 bridgehead atoms. The molecule has 1 aliphatic carbocycles. The summed E-state index contributed by atoms with van der Waals surface area (Å²) >= 11 is 0. The molecule has 53 heavy (non-hydrogen) atoms. The van der Waals surface area contributed by atoms with E-state index in [1.807, 2.05) is 0 Å². The smallest absolute Gasteiger partial charge is 0.247 e. The quantitative estimate of drug-likeness (QED) is 0.0364. The maximum absolute atomic E-state index is 13.2. The van der Waals surface area contributed by atoms with Crippen LogP contribution >= 0.6 is 0 Å². The molecule has 1 fully saturated rings. The van der Waals surface area contributed by atoms with Crippen molar-refractivity contribution in [3.63, 3.8) is 0 Å². The van der Waals surface area contributed by atoms with Crippen LogP contribution in [0.1, 0.15) is 245 Å². The van der Waals surface area contributed by atoms with Crippen LogP contribution in [0, 0.1) is 17.8 Å². The molecule has 0 aliphatic heterocycles. The summed E-state index contributed by atoms with van der Waals surface area (Å²) in [6.45, 7) is 6.68. The fourth-order valence-corrected chi connectivity index (χ4v) is 7.81. The number of hydrogen-bond acceptors (Lipinski definition) is 8. The van der Waals surface area contributed by atoms with E-state index >= 15 is 0 Å². The Balaban J connectivity index is 2.26. The summed E-state index contributed by atoms with van der Waals surface area (Å²) in [7, 11) is 0. The fourth-order valence-electron chi connectivity index (χ4n) is 7.81. The van der Waals surface area contributed by atoms with Crippen molar-refractivity contribution in [2.75, 3.05) is 0 Å². The number of hydrogen-bond donors (Lipinski definition) is 0. The second-order valence-electron chi connectivity index (χ2n) is 16.1. The van der Waals surface area contributed by atoms with Gasteiger partial charge in [0.2, 0.25) is 0 Å². The van der Waals surface area contributed by atoms with Gasteiger partial charge in [0.25, 0.3) is 0 Å². The van der Waals surface area contributed by atoms with E-state index in [0.717, 1.165) is 96.3 Å². The highest BCUT2D eigenvalue weighted by Crippen LogP contribution is 2.40. The maximum Gasteiger partial charge on any atom is 0.358 e. The van der Waals surface area contributed by atoms with Gasteiger partial charge in [-0.25, -0.2) is 38.7 Å². The van der Waals surface area contributed by atoms with Gasteiger partial charge in [0.05, 0.1) is 25.2 Å². The van der Waals surface area contributed by atoms with Crippen LogP contribution < -0.4 is 0 Å². The molecule has 0 aromatic rings. The predicted octanol–water partition coefficient (Wildman–Crippen LogP) is 13.6. The van der Waals surface area contributed by atoms with E-state index in [4.69, 9.17) is 19.6 Å². The first kappa shape index (κ1) is 48.9. The highest BCUT2D eigenvalue weighted by atomic mass is 17.2. The van der Waals surface area contributed by atoms with Crippen LogP contribution in [0.2, 0.25) is 0 Å². The van der Waals surface area contributed by atoms with Crippen LogP contribution in [0.3, 0.4) is 0 Å². The zero-order chi connectivity index (χ0) is 38.6. The summed E-state index contributed by atoms with van der Waals surface area (Å²) < 4.78 is 0. The third-order valence-corrected chi connectivity index (χ3v) is 11.2. The molecule has 3 atom stereocenters. The third kappa shape index (κ3) is 28.9. The van der Waals surface area contributed by atoms with Crippen LogP contribution in [0.4, 0.5) is 0 Å². The molecule has 0 aromatic carbocycles. The first-order chi connectivity index (χ1) is 25.9. The Morgan fingerprint density at radius 1 is 0.396 bits per heavy atom. The van der Waals surface area contributed by atoms with Crippen molar-refractivity contribution < 1.29 is 38.7 Å². The van der Waals surface area contributed by atoms with E-state index in [-0.39, 0.29) is 30.6 Å². The highest BCUT2D eigenvalue weighted by molar-refractivity contribution is 5.75. The Morgan fingerprint density at radius 3 is 1.17 bits per heavy atom. The molecule has 1 aliphatic rings. The Kier molecular flexibility index (Phi) is 32.8. The lowest BCUT2D eigenvalue weighted by Crippen LogP contribution is -2.33. The lowest BCUT2D eigenvalue weighted by Gasteiger charge is -2.34. The minimum atomic E-state index is -0.493. The summed E-state index contributed by atoms with van der Waals surface area (Å²) in [5, 5.41) is 0. The van der Waals surface area contributed by atoms with Gasteiger partial charge in [-0.3, -0.25) is 0 Å². The van der Waals surface area contributed by atoms with E-state index in [9.17, 15) is 19.2 Å². The molecule has 0 amide bonds. The minimum absolute atomic E-state index is 0.224. The Morgan fingerprint density at radius 2 is 0.736 bits per heavy atom. The van der Waals surface area contributed by atoms with Crippen LogP contribution in [0.15, 0.2) is 0 Å². The molecule has 3 unspecified atom stereocenters. The van der Waals surface area contributed by atoms with Crippen molar-refractivity contribution in [3.05, 3.63) is 0 Å². The normalized spacial score (nSPS) is 17.0. The number of rotatable bonds is 34. The molecule has 1 rings (SSSR count). The second kappa shape index (κ2) is 35.6. The van der Waals surface area contributed by atoms with Gasteiger partial charge in [0, 0.05) is 0 Å². The molecule has 0 saturated heterocycles. The fraction of sp³-hybridized carbons (Fsp3) is 0.911. The number of unbranched alkanes of at least 4 members (excludes halogenated alkanes) is 23. The summed E-state index contributed by atoms with van der Waals surface area (Å²) in [5.41, 5.74) is 0. The standard InChI is InChI=1S/C45H82O8/c1-4-7-10-13-15-17-19-23-28-33-42(46)50-51-43(47)34-30-25-21-22-27-32-40-37-36-39(31-26-12-9-6-3)38-41(40)45(49)53-52-44(48)35-29-24-20-18-16-14-11-8-5-2/h39-41H,4-38H2,1-3H3. The lowest BCUT2D eigenvalue weighted by molar-refractivity contribution is -0.264. The van der Waals surface area contributed by atoms with E-state index in [1.165, 1.54) is 103 Å².